The van der Waals surface area contributed by atoms with Crippen LogP contribution in [0.2, 0.25) is 0 Å². The van der Waals surface area contributed by atoms with Crippen molar-refractivity contribution in [1.82, 2.24) is 5.32 Å². The maximum Gasteiger partial charge on any atom is 0.225 e. The van der Waals surface area contributed by atoms with E-state index in [2.05, 4.69) is 5.32 Å². The van der Waals surface area contributed by atoms with Gasteiger partial charge in [-0.3, -0.25) is 9.59 Å². The number of phenols is 1. The molecule has 10 nitrogen and oxygen atoms in total. The smallest absolute Gasteiger partial charge is 0.225 e. The minimum absolute atomic E-state index is 0.0204. The highest BCUT2D eigenvalue weighted by Gasteiger charge is 2.39. The molecule has 0 saturated carbocycles. The second-order valence-corrected chi connectivity index (χ2v) is 10.0. The zero-order valence-corrected chi connectivity index (χ0v) is 20.9. The summed E-state index contributed by atoms with van der Waals surface area (Å²) < 4.78 is 17.6. The van der Waals surface area contributed by atoms with Crippen molar-refractivity contribution in [3.05, 3.63) is 17.2 Å². The fraction of sp³-hybridized carbons (Fsp3) is 0.680. The summed E-state index contributed by atoms with van der Waals surface area (Å²) in [7, 11) is 0. The molecule has 0 radical (unpaired) electrons. The van der Waals surface area contributed by atoms with E-state index < -0.39 is 55.2 Å². The van der Waals surface area contributed by atoms with Gasteiger partial charge in [-0.2, -0.15) is 0 Å². The summed E-state index contributed by atoms with van der Waals surface area (Å²) in [6.07, 6.45) is -3.09. The zero-order chi connectivity index (χ0) is 26.0. The van der Waals surface area contributed by atoms with Gasteiger partial charge in [0.25, 0.3) is 0 Å². The third-order valence-corrected chi connectivity index (χ3v) is 6.61. The molecule has 7 atom stereocenters. The Morgan fingerprint density at radius 2 is 1.97 bits per heavy atom. The summed E-state index contributed by atoms with van der Waals surface area (Å²) in [6.45, 7) is 8.28. The van der Waals surface area contributed by atoms with Gasteiger partial charge in [-0.15, -0.1) is 0 Å². The zero-order valence-electron chi connectivity index (χ0n) is 20.9. The van der Waals surface area contributed by atoms with Gasteiger partial charge in [0.05, 0.1) is 36.3 Å². The SMILES string of the molecule is CC(C)CC1CC(=O)c2c(CO)cc(OC3CC(NC(=O)[C@H](C)C(C)O)C(O)C(C)O3)c(O)c2O1. The van der Waals surface area contributed by atoms with Gasteiger partial charge >= 0.3 is 0 Å². The van der Waals surface area contributed by atoms with E-state index in [0.29, 0.717) is 6.42 Å². The molecule has 3 rings (SSSR count). The predicted octanol–water partition coefficient (Wildman–Crippen LogP) is 1.64. The van der Waals surface area contributed by atoms with Crippen LogP contribution in [-0.4, -0.2) is 68.9 Å². The fourth-order valence-corrected chi connectivity index (χ4v) is 4.43. The number of fused-ring (bicyclic) bond motifs is 1. The summed E-state index contributed by atoms with van der Waals surface area (Å²) in [4.78, 5) is 25.2. The first-order valence-corrected chi connectivity index (χ1v) is 12.1. The van der Waals surface area contributed by atoms with E-state index in [1.807, 2.05) is 13.8 Å². The van der Waals surface area contributed by atoms with Crippen LogP contribution in [0.15, 0.2) is 6.07 Å². The number of rotatable bonds is 8. The molecule has 2 aliphatic heterocycles. The first-order chi connectivity index (χ1) is 16.4. The number of hydrogen-bond donors (Lipinski definition) is 5. The van der Waals surface area contributed by atoms with Gasteiger partial charge in [-0.1, -0.05) is 20.8 Å². The van der Waals surface area contributed by atoms with Crippen LogP contribution in [0, 0.1) is 11.8 Å². The van der Waals surface area contributed by atoms with E-state index in [1.54, 1.807) is 13.8 Å². The molecule has 0 aliphatic carbocycles. The lowest BCUT2D eigenvalue weighted by Crippen LogP contribution is -2.57. The number of phenolic OH excluding ortho intramolecular Hbond substituents is 1. The number of carbonyl (C=O) groups excluding carboxylic acids is 2. The molecule has 6 unspecified atom stereocenters. The Balaban J connectivity index is 1.84. The normalized spacial score (nSPS) is 28.1. The number of ketones is 1. The second-order valence-electron chi connectivity index (χ2n) is 10.0. The molecule has 5 N–H and O–H groups in total. The lowest BCUT2D eigenvalue weighted by Gasteiger charge is -2.38. The number of Topliss-reactive ketones (excluding diaryl/α,β-unsaturated/α-hetero) is 1. The molecule has 1 fully saturated rings. The van der Waals surface area contributed by atoms with Gasteiger partial charge in [0, 0.05) is 12.8 Å². The number of nitrogens with one attached hydrogen (secondary N) is 1. The van der Waals surface area contributed by atoms with Crippen molar-refractivity contribution < 1.29 is 44.2 Å². The Morgan fingerprint density at radius 1 is 1.29 bits per heavy atom. The van der Waals surface area contributed by atoms with Gasteiger partial charge in [0.15, 0.2) is 17.3 Å². The highest BCUT2D eigenvalue weighted by atomic mass is 16.7. The summed E-state index contributed by atoms with van der Waals surface area (Å²) in [5.74, 6) is -1.47. The Bertz CT molecular complexity index is 932. The summed E-state index contributed by atoms with van der Waals surface area (Å²) >= 11 is 0. The van der Waals surface area contributed by atoms with Gasteiger partial charge in [0.1, 0.15) is 12.2 Å². The number of carbonyl (C=O) groups is 2. The van der Waals surface area contributed by atoms with Crippen molar-refractivity contribution in [3.63, 3.8) is 0 Å². The molecule has 196 valence electrons. The van der Waals surface area contributed by atoms with E-state index in [9.17, 15) is 30.0 Å². The van der Waals surface area contributed by atoms with Gasteiger partial charge in [-0.05, 0) is 37.8 Å². The number of aliphatic hydroxyl groups excluding tert-OH is 3. The average Bonchev–Trinajstić information content (AvgIpc) is 2.77. The van der Waals surface area contributed by atoms with Crippen molar-refractivity contribution in [2.24, 2.45) is 11.8 Å². The number of amides is 1. The number of benzene rings is 1. The summed E-state index contributed by atoms with van der Waals surface area (Å²) in [5, 5.41) is 43.8. The molecular formula is C25H37NO9. The highest BCUT2D eigenvalue weighted by molar-refractivity contribution is 6.02. The fourth-order valence-electron chi connectivity index (χ4n) is 4.43. The van der Waals surface area contributed by atoms with Crippen LogP contribution >= 0.6 is 0 Å². The maximum atomic E-state index is 12.8. The molecule has 35 heavy (non-hydrogen) atoms. The predicted molar refractivity (Wildman–Crippen MR) is 125 cm³/mol. The number of ether oxygens (including phenoxy) is 3. The third-order valence-electron chi connectivity index (χ3n) is 6.61. The van der Waals surface area contributed by atoms with E-state index >= 15 is 0 Å². The van der Waals surface area contributed by atoms with Crippen LogP contribution in [0.5, 0.6) is 17.2 Å². The number of aliphatic hydroxyl groups is 3. The third kappa shape index (κ3) is 6.06. The van der Waals surface area contributed by atoms with E-state index in [4.69, 9.17) is 14.2 Å². The molecule has 10 heteroatoms. The van der Waals surface area contributed by atoms with Crippen molar-refractivity contribution >= 4 is 11.7 Å². The van der Waals surface area contributed by atoms with Crippen LogP contribution in [0.1, 0.15) is 69.8 Å². The van der Waals surface area contributed by atoms with Crippen molar-refractivity contribution in [2.45, 2.75) is 97.2 Å². The second kappa shape index (κ2) is 11.1. The quantitative estimate of drug-likeness (QED) is 0.362. The van der Waals surface area contributed by atoms with E-state index in [1.165, 1.54) is 13.0 Å². The topological polar surface area (TPSA) is 155 Å². The Morgan fingerprint density at radius 3 is 2.57 bits per heavy atom. The lowest BCUT2D eigenvalue weighted by atomic mass is 9.92. The minimum Gasteiger partial charge on any atom is -0.502 e. The maximum absolute atomic E-state index is 12.8. The molecule has 0 aromatic heterocycles. The molecule has 1 aromatic carbocycles. The van der Waals surface area contributed by atoms with Crippen LogP contribution in [0.3, 0.4) is 0 Å². The molecule has 1 aromatic rings. The molecule has 1 amide bonds. The van der Waals surface area contributed by atoms with Crippen LogP contribution in [0.25, 0.3) is 0 Å². The molecule has 1 saturated heterocycles. The average molecular weight is 496 g/mol. The first kappa shape index (κ1) is 27.2. The Hall–Kier alpha value is -2.40. The monoisotopic (exact) mass is 495 g/mol. The summed E-state index contributed by atoms with van der Waals surface area (Å²) in [6, 6.07) is 0.656. The molecular weight excluding hydrogens is 458 g/mol. The van der Waals surface area contributed by atoms with Crippen LogP contribution in [0.4, 0.5) is 0 Å². The first-order valence-electron chi connectivity index (χ1n) is 12.1. The largest absolute Gasteiger partial charge is 0.502 e. The standard InChI is InChI=1S/C25H37NO9/c1-11(2)6-16-8-18(29)21-15(10-27)7-19(23(31)24(21)34-16)35-20-9-17(22(30)14(5)33-20)26-25(32)12(3)13(4)28/h7,11-14,16-17,20,22,27-28,30-31H,6,8-10H2,1-5H3,(H,26,32)/t12-,13?,14?,16?,17?,20?,22?/m1/s1. The number of hydrogen-bond acceptors (Lipinski definition) is 9. The highest BCUT2D eigenvalue weighted by Crippen LogP contribution is 2.46. The van der Waals surface area contributed by atoms with Crippen molar-refractivity contribution in [1.29, 1.82) is 0 Å². The molecule has 2 aliphatic rings. The Labute approximate surface area is 205 Å². The van der Waals surface area contributed by atoms with Crippen LogP contribution < -0.4 is 14.8 Å². The van der Waals surface area contributed by atoms with E-state index in [0.717, 1.165) is 0 Å². The molecule has 2 heterocycles. The molecule has 0 spiro atoms. The van der Waals surface area contributed by atoms with Gasteiger partial charge in [-0.25, -0.2) is 0 Å². The molecule has 0 bridgehead atoms. The van der Waals surface area contributed by atoms with Gasteiger partial charge < -0.3 is 40.0 Å². The lowest BCUT2D eigenvalue weighted by molar-refractivity contribution is -0.192. The van der Waals surface area contributed by atoms with Crippen molar-refractivity contribution in [2.75, 3.05) is 0 Å². The van der Waals surface area contributed by atoms with Gasteiger partial charge in [0.2, 0.25) is 17.9 Å². The minimum atomic E-state index is -1.01. The number of aromatic hydroxyl groups is 1. The van der Waals surface area contributed by atoms with Crippen LogP contribution in [-0.2, 0) is 16.1 Å². The van der Waals surface area contributed by atoms with E-state index in [-0.39, 0.29) is 52.9 Å². The Kier molecular flexibility index (Phi) is 8.63. The van der Waals surface area contributed by atoms with Crippen molar-refractivity contribution in [3.8, 4) is 17.2 Å². The summed E-state index contributed by atoms with van der Waals surface area (Å²) in [5.41, 5.74) is 0.406.